The van der Waals surface area contributed by atoms with Crippen LogP contribution in [0.2, 0.25) is 0 Å². The van der Waals surface area contributed by atoms with Crippen LogP contribution in [0.5, 0.6) is 0 Å². The third kappa shape index (κ3) is 4.17. The van der Waals surface area contributed by atoms with Gasteiger partial charge in [0, 0.05) is 29.9 Å². The normalized spacial score (nSPS) is 13.6. The molecule has 0 saturated carbocycles. The summed E-state index contributed by atoms with van der Waals surface area (Å²) in [4.78, 5) is 20.7. The van der Waals surface area contributed by atoms with E-state index in [0.717, 1.165) is 35.6 Å². The molecule has 174 valence electrons. The third-order valence-electron chi connectivity index (χ3n) is 6.10. The first kappa shape index (κ1) is 22.4. The molecule has 1 aromatic heterocycles. The predicted octanol–water partition coefficient (Wildman–Crippen LogP) is 5.32. The molecule has 0 N–H and O–H groups in total. The third-order valence-corrected chi connectivity index (χ3v) is 6.10. The minimum Gasteiger partial charge on any atom is -0.372 e. The summed E-state index contributed by atoms with van der Waals surface area (Å²) in [5.74, 6) is 0.819. The van der Waals surface area contributed by atoms with E-state index in [0.29, 0.717) is 22.9 Å². The van der Waals surface area contributed by atoms with Crippen molar-refractivity contribution in [3.05, 3.63) is 95.8 Å². The highest BCUT2D eigenvalue weighted by Crippen LogP contribution is 2.28. The second kappa shape index (κ2) is 9.46. The summed E-state index contributed by atoms with van der Waals surface area (Å²) in [6.07, 6.45) is 0. The van der Waals surface area contributed by atoms with E-state index in [1.165, 1.54) is 0 Å². The first-order chi connectivity index (χ1) is 17.1. The molecule has 0 atom stereocenters. The van der Waals surface area contributed by atoms with Gasteiger partial charge in [-0.2, -0.15) is 9.78 Å². The lowest BCUT2D eigenvalue weighted by molar-refractivity contribution is 0.106. The van der Waals surface area contributed by atoms with Gasteiger partial charge in [-0.25, -0.2) is 4.99 Å². The SMILES string of the molecule is CCN(CC)c1ccc(N=C2C(C(=O)c3ccccc3)=Nn3c2nnc3-c2ccccc2)c(C)c1. The summed E-state index contributed by atoms with van der Waals surface area (Å²) >= 11 is 0. The molecule has 0 saturated heterocycles. The molecular formula is C28H26N6O. The molecule has 3 aromatic carbocycles. The molecule has 0 radical (unpaired) electrons. The lowest BCUT2D eigenvalue weighted by atomic mass is 10.0. The Balaban J connectivity index is 1.63. The molecule has 0 unspecified atom stereocenters. The van der Waals surface area contributed by atoms with Crippen LogP contribution in [0.4, 0.5) is 11.4 Å². The van der Waals surface area contributed by atoms with Gasteiger partial charge in [0.1, 0.15) is 5.71 Å². The van der Waals surface area contributed by atoms with Gasteiger partial charge in [0.05, 0.1) is 5.69 Å². The predicted molar refractivity (Wildman–Crippen MR) is 140 cm³/mol. The Morgan fingerprint density at radius 2 is 1.54 bits per heavy atom. The zero-order valence-corrected chi connectivity index (χ0v) is 20.0. The van der Waals surface area contributed by atoms with E-state index in [1.807, 2.05) is 61.5 Å². The molecule has 7 nitrogen and oxygen atoms in total. The molecule has 35 heavy (non-hydrogen) atoms. The molecular weight excluding hydrogens is 436 g/mol. The smallest absolute Gasteiger partial charge is 0.215 e. The van der Waals surface area contributed by atoms with Gasteiger partial charge in [-0.3, -0.25) is 4.79 Å². The number of fused-ring (bicyclic) bond motifs is 1. The molecule has 0 fully saturated rings. The molecule has 1 aliphatic heterocycles. The fourth-order valence-electron chi connectivity index (χ4n) is 4.20. The minimum absolute atomic E-state index is 0.203. The van der Waals surface area contributed by atoms with Crippen LogP contribution in [0, 0.1) is 6.92 Å². The molecule has 5 rings (SSSR count). The maximum absolute atomic E-state index is 13.5. The van der Waals surface area contributed by atoms with Gasteiger partial charge in [-0.15, -0.1) is 10.2 Å². The van der Waals surface area contributed by atoms with E-state index < -0.39 is 0 Å². The Kier molecular flexibility index (Phi) is 6.06. The standard InChI is InChI=1S/C28H26N6O/c1-4-33(5-2)22-16-17-23(19(3)18-22)29-25-24(26(35)20-12-8-6-9-13-20)32-34-27(30-31-28(25)34)21-14-10-7-11-15-21/h6-18H,4-5H2,1-3H3. The zero-order valence-electron chi connectivity index (χ0n) is 20.0. The molecule has 4 aromatic rings. The van der Waals surface area contributed by atoms with Gasteiger partial charge in [0.15, 0.2) is 11.5 Å². The average Bonchev–Trinajstić information content (AvgIpc) is 3.47. The zero-order chi connectivity index (χ0) is 24.4. The number of ketones is 1. The fourth-order valence-corrected chi connectivity index (χ4v) is 4.20. The molecule has 7 heteroatoms. The van der Waals surface area contributed by atoms with E-state index in [4.69, 9.17) is 4.99 Å². The van der Waals surface area contributed by atoms with Gasteiger partial charge in [-0.1, -0.05) is 60.7 Å². The Hall–Kier alpha value is -4.39. The summed E-state index contributed by atoms with van der Waals surface area (Å²) in [7, 11) is 0. The van der Waals surface area contributed by atoms with Crippen LogP contribution in [-0.2, 0) is 0 Å². The highest BCUT2D eigenvalue weighted by molar-refractivity contribution is 6.73. The fraction of sp³-hybridized carbons (Fsp3) is 0.179. The number of carbonyl (C=O) groups excluding carboxylic acids is 1. The Labute approximate surface area is 204 Å². The van der Waals surface area contributed by atoms with E-state index in [1.54, 1.807) is 16.8 Å². The number of hydrogen-bond donors (Lipinski definition) is 0. The second-order valence-corrected chi connectivity index (χ2v) is 8.27. The van der Waals surface area contributed by atoms with Crippen molar-refractivity contribution in [1.29, 1.82) is 0 Å². The number of hydrogen-bond acceptors (Lipinski definition) is 6. The van der Waals surface area contributed by atoms with Crippen LogP contribution in [0.15, 0.2) is 89.0 Å². The maximum atomic E-state index is 13.5. The number of benzene rings is 3. The molecule has 0 amide bonds. The van der Waals surface area contributed by atoms with Crippen LogP contribution in [-0.4, -0.2) is 45.2 Å². The number of nitrogens with zero attached hydrogens (tertiary/aromatic N) is 6. The first-order valence-corrected chi connectivity index (χ1v) is 11.7. The van der Waals surface area contributed by atoms with Gasteiger partial charge in [0.2, 0.25) is 11.6 Å². The van der Waals surface area contributed by atoms with E-state index in [2.05, 4.69) is 46.2 Å². The van der Waals surface area contributed by atoms with E-state index >= 15 is 0 Å². The number of aryl methyl sites for hydroxylation is 1. The lowest BCUT2D eigenvalue weighted by Crippen LogP contribution is -2.23. The maximum Gasteiger partial charge on any atom is 0.215 e. The van der Waals surface area contributed by atoms with Gasteiger partial charge < -0.3 is 4.90 Å². The quantitative estimate of drug-likeness (QED) is 0.348. The molecule has 1 aliphatic rings. The van der Waals surface area contributed by atoms with Crippen LogP contribution in [0.25, 0.3) is 11.4 Å². The van der Waals surface area contributed by atoms with Crippen molar-refractivity contribution in [1.82, 2.24) is 14.9 Å². The van der Waals surface area contributed by atoms with E-state index in [-0.39, 0.29) is 11.5 Å². The van der Waals surface area contributed by atoms with Crippen molar-refractivity contribution in [2.75, 3.05) is 18.0 Å². The highest BCUT2D eigenvalue weighted by Gasteiger charge is 2.33. The average molecular weight is 463 g/mol. The molecule has 0 aliphatic carbocycles. The topological polar surface area (TPSA) is 75.7 Å². The van der Waals surface area contributed by atoms with Crippen LogP contribution >= 0.6 is 0 Å². The van der Waals surface area contributed by atoms with E-state index in [9.17, 15) is 4.79 Å². The van der Waals surface area contributed by atoms with Crippen molar-refractivity contribution in [3.8, 4) is 11.4 Å². The van der Waals surface area contributed by atoms with Crippen molar-refractivity contribution in [2.24, 2.45) is 10.1 Å². The largest absolute Gasteiger partial charge is 0.372 e. The monoisotopic (exact) mass is 462 g/mol. The highest BCUT2D eigenvalue weighted by atomic mass is 16.1. The number of anilines is 1. The van der Waals surface area contributed by atoms with Crippen molar-refractivity contribution in [2.45, 2.75) is 20.8 Å². The Bertz CT molecular complexity index is 1430. The summed E-state index contributed by atoms with van der Waals surface area (Å²) in [5.41, 5.74) is 5.01. The van der Waals surface area contributed by atoms with Gasteiger partial charge in [-0.05, 0) is 44.5 Å². The number of carbonyl (C=O) groups is 1. The van der Waals surface area contributed by atoms with Crippen molar-refractivity contribution >= 4 is 28.6 Å². The number of Topliss-reactive ketones (excluding diaryl/α,β-unsaturated/α-hetero) is 1. The minimum atomic E-state index is -0.203. The first-order valence-electron chi connectivity index (χ1n) is 11.7. The summed E-state index contributed by atoms with van der Waals surface area (Å²) in [6, 6.07) is 25.0. The van der Waals surface area contributed by atoms with Crippen LogP contribution < -0.4 is 4.90 Å². The Morgan fingerprint density at radius 3 is 2.20 bits per heavy atom. The summed E-state index contributed by atoms with van der Waals surface area (Å²) in [6.45, 7) is 8.16. The van der Waals surface area contributed by atoms with Crippen LogP contribution in [0.3, 0.4) is 0 Å². The van der Waals surface area contributed by atoms with Crippen LogP contribution in [0.1, 0.15) is 35.6 Å². The summed E-state index contributed by atoms with van der Waals surface area (Å²) in [5, 5.41) is 13.4. The molecule has 2 heterocycles. The molecule has 0 bridgehead atoms. The number of aromatic nitrogens is 3. The second-order valence-electron chi connectivity index (χ2n) is 8.27. The lowest BCUT2D eigenvalue weighted by Gasteiger charge is -2.21. The number of aliphatic imine (C=N–C) groups is 1. The number of rotatable bonds is 7. The molecule has 0 spiro atoms. The van der Waals surface area contributed by atoms with Crippen molar-refractivity contribution in [3.63, 3.8) is 0 Å². The van der Waals surface area contributed by atoms with Gasteiger partial charge in [0.25, 0.3) is 0 Å². The summed E-state index contributed by atoms with van der Waals surface area (Å²) < 4.78 is 1.62. The van der Waals surface area contributed by atoms with Crippen molar-refractivity contribution < 1.29 is 4.79 Å². The van der Waals surface area contributed by atoms with Gasteiger partial charge >= 0.3 is 0 Å². The Morgan fingerprint density at radius 1 is 0.886 bits per heavy atom.